The molecule has 28 heavy (non-hydrogen) atoms. The number of hydrazine groups is 1. The molecule has 0 fully saturated rings. The third kappa shape index (κ3) is 5.24. The fourth-order valence-electron chi connectivity index (χ4n) is 2.94. The van der Waals surface area contributed by atoms with Crippen molar-refractivity contribution in [3.8, 4) is 0 Å². The summed E-state index contributed by atoms with van der Waals surface area (Å²) in [5, 5.41) is 3.89. The number of aryl methyl sites for hydroxylation is 1. The molecule has 0 spiro atoms. The number of fused-ring (bicyclic) bond motifs is 1. The quantitative estimate of drug-likeness (QED) is 0.365. The number of ether oxygens (including phenoxy) is 1. The number of rotatable bonds is 6. The first-order chi connectivity index (χ1) is 13.6. The van der Waals surface area contributed by atoms with E-state index in [1.54, 1.807) is 0 Å². The van der Waals surface area contributed by atoms with Gasteiger partial charge in [-0.3, -0.25) is 15.6 Å². The smallest absolute Gasteiger partial charge is 0.341 e. The molecule has 0 saturated heterocycles. The highest BCUT2D eigenvalue weighted by Crippen LogP contribution is 2.39. The fourth-order valence-corrected chi connectivity index (χ4v) is 5.23. The van der Waals surface area contributed by atoms with Crippen LogP contribution >= 0.6 is 35.3 Å². The van der Waals surface area contributed by atoms with E-state index >= 15 is 0 Å². The van der Waals surface area contributed by atoms with Crippen molar-refractivity contribution in [1.29, 1.82) is 0 Å². The summed E-state index contributed by atoms with van der Waals surface area (Å²) in [5.41, 5.74) is 8.03. The SMILES string of the molecule is COC(=O)c1c(NC(=S)NNC(=O)CSCc2ccccc2)sc2c1CCC2. The number of hydrogen-bond donors (Lipinski definition) is 3. The highest BCUT2D eigenvalue weighted by molar-refractivity contribution is 7.99. The Kier molecular flexibility index (Phi) is 7.30. The number of carbonyl (C=O) groups excluding carboxylic acids is 2. The molecule has 1 aromatic carbocycles. The van der Waals surface area contributed by atoms with E-state index in [0.29, 0.717) is 16.3 Å². The van der Waals surface area contributed by atoms with Crippen molar-refractivity contribution in [2.24, 2.45) is 0 Å². The minimum atomic E-state index is -0.369. The van der Waals surface area contributed by atoms with Crippen molar-refractivity contribution >= 4 is 57.3 Å². The van der Waals surface area contributed by atoms with Crippen LogP contribution in [0.3, 0.4) is 0 Å². The minimum absolute atomic E-state index is 0.174. The molecule has 0 radical (unpaired) electrons. The Morgan fingerprint density at radius 1 is 1.21 bits per heavy atom. The highest BCUT2D eigenvalue weighted by Gasteiger charge is 2.27. The lowest BCUT2D eigenvalue weighted by Crippen LogP contribution is -2.44. The topological polar surface area (TPSA) is 79.5 Å². The molecule has 1 aliphatic carbocycles. The molecule has 0 saturated carbocycles. The number of hydrogen-bond acceptors (Lipinski definition) is 6. The van der Waals surface area contributed by atoms with Gasteiger partial charge in [0.1, 0.15) is 5.00 Å². The van der Waals surface area contributed by atoms with E-state index in [1.807, 2.05) is 30.3 Å². The summed E-state index contributed by atoms with van der Waals surface area (Å²) >= 11 is 8.27. The third-order valence-electron chi connectivity index (χ3n) is 4.20. The molecule has 148 valence electrons. The first kappa shape index (κ1) is 20.6. The molecular weight excluding hydrogens is 414 g/mol. The molecule has 6 nitrogen and oxygen atoms in total. The Bertz CT molecular complexity index is 868. The maximum Gasteiger partial charge on any atom is 0.341 e. The van der Waals surface area contributed by atoms with Gasteiger partial charge in [0.15, 0.2) is 5.11 Å². The number of thiocarbonyl (C=S) groups is 1. The van der Waals surface area contributed by atoms with Crippen LogP contribution in [0.15, 0.2) is 30.3 Å². The molecule has 3 N–H and O–H groups in total. The monoisotopic (exact) mass is 435 g/mol. The minimum Gasteiger partial charge on any atom is -0.465 e. The molecular formula is C19H21N3O3S3. The molecule has 1 aliphatic rings. The summed E-state index contributed by atoms with van der Waals surface area (Å²) in [6, 6.07) is 9.97. The second-order valence-electron chi connectivity index (χ2n) is 6.16. The van der Waals surface area contributed by atoms with Gasteiger partial charge in [-0.25, -0.2) is 4.79 Å². The number of benzene rings is 1. The lowest BCUT2D eigenvalue weighted by Gasteiger charge is -2.12. The van der Waals surface area contributed by atoms with Gasteiger partial charge in [0.05, 0.1) is 18.4 Å². The Morgan fingerprint density at radius 3 is 2.75 bits per heavy atom. The van der Waals surface area contributed by atoms with E-state index in [1.165, 1.54) is 40.6 Å². The van der Waals surface area contributed by atoms with Gasteiger partial charge in [-0.05, 0) is 42.6 Å². The van der Waals surface area contributed by atoms with Crippen molar-refractivity contribution in [2.75, 3.05) is 18.2 Å². The Hall–Kier alpha value is -2.10. The zero-order valence-corrected chi connectivity index (χ0v) is 17.8. The molecule has 3 rings (SSSR count). The number of esters is 1. The van der Waals surface area contributed by atoms with Crippen molar-refractivity contribution in [3.05, 3.63) is 51.9 Å². The summed E-state index contributed by atoms with van der Waals surface area (Å²) in [4.78, 5) is 25.3. The lowest BCUT2D eigenvalue weighted by atomic mass is 10.1. The molecule has 2 aromatic rings. The molecule has 9 heteroatoms. The largest absolute Gasteiger partial charge is 0.465 e. The first-order valence-corrected chi connectivity index (χ1v) is 11.2. The summed E-state index contributed by atoms with van der Waals surface area (Å²) < 4.78 is 4.91. The Balaban J connectivity index is 1.47. The van der Waals surface area contributed by atoms with Crippen molar-refractivity contribution in [1.82, 2.24) is 10.9 Å². The normalized spacial score (nSPS) is 12.2. The third-order valence-corrected chi connectivity index (χ3v) is 6.61. The van der Waals surface area contributed by atoms with Crippen LogP contribution in [0.1, 0.15) is 32.8 Å². The predicted octanol–water partition coefficient (Wildman–Crippen LogP) is 3.27. The van der Waals surface area contributed by atoms with Gasteiger partial charge in [-0.1, -0.05) is 30.3 Å². The summed E-state index contributed by atoms with van der Waals surface area (Å²) in [6.07, 6.45) is 2.87. The van der Waals surface area contributed by atoms with Gasteiger partial charge >= 0.3 is 5.97 Å². The second-order valence-corrected chi connectivity index (χ2v) is 8.66. The molecule has 0 bridgehead atoms. The average molecular weight is 436 g/mol. The van der Waals surface area contributed by atoms with E-state index in [-0.39, 0.29) is 17.0 Å². The number of thiophene rings is 1. The van der Waals surface area contributed by atoms with Gasteiger partial charge in [0, 0.05) is 10.6 Å². The van der Waals surface area contributed by atoms with E-state index in [0.717, 1.165) is 30.6 Å². The number of anilines is 1. The molecule has 1 heterocycles. The van der Waals surface area contributed by atoms with Crippen LogP contribution in [0.4, 0.5) is 5.00 Å². The number of methoxy groups -OCH3 is 1. The average Bonchev–Trinajstić information content (AvgIpc) is 3.27. The number of amides is 1. The Morgan fingerprint density at radius 2 is 2.00 bits per heavy atom. The van der Waals surface area contributed by atoms with Crippen LogP contribution in [-0.4, -0.2) is 29.9 Å². The molecule has 0 atom stereocenters. The number of nitrogens with one attached hydrogen (secondary N) is 3. The summed E-state index contributed by atoms with van der Waals surface area (Å²) in [7, 11) is 1.37. The standard InChI is InChI=1S/C19H21N3O3S3/c1-25-18(24)16-13-8-5-9-14(13)28-17(16)20-19(26)22-21-15(23)11-27-10-12-6-3-2-4-7-12/h2-4,6-7H,5,8-11H2,1H3,(H,21,23)(H2,20,22,26). The maximum atomic E-state index is 12.1. The van der Waals surface area contributed by atoms with Crippen molar-refractivity contribution in [3.63, 3.8) is 0 Å². The number of carbonyl (C=O) groups is 2. The van der Waals surface area contributed by atoms with Crippen molar-refractivity contribution in [2.45, 2.75) is 25.0 Å². The van der Waals surface area contributed by atoms with E-state index in [4.69, 9.17) is 17.0 Å². The van der Waals surface area contributed by atoms with Crippen LogP contribution in [0.25, 0.3) is 0 Å². The first-order valence-electron chi connectivity index (χ1n) is 8.79. The van der Waals surface area contributed by atoms with E-state index < -0.39 is 0 Å². The zero-order chi connectivity index (χ0) is 19.9. The molecule has 0 aliphatic heterocycles. The molecule has 1 amide bonds. The van der Waals surface area contributed by atoms with Gasteiger partial charge in [-0.15, -0.1) is 23.1 Å². The van der Waals surface area contributed by atoms with E-state index in [2.05, 4.69) is 16.2 Å². The molecule has 1 aromatic heterocycles. The van der Waals surface area contributed by atoms with Crippen molar-refractivity contribution < 1.29 is 14.3 Å². The maximum absolute atomic E-state index is 12.1. The lowest BCUT2D eigenvalue weighted by molar-refractivity contribution is -0.119. The summed E-state index contributed by atoms with van der Waals surface area (Å²) in [6.45, 7) is 0. The number of thioether (sulfide) groups is 1. The van der Waals surface area contributed by atoms with Crippen LogP contribution in [-0.2, 0) is 28.1 Å². The van der Waals surface area contributed by atoms with Crippen LogP contribution in [0.2, 0.25) is 0 Å². The second kappa shape index (κ2) is 9.90. The zero-order valence-electron chi connectivity index (χ0n) is 15.4. The van der Waals surface area contributed by atoms with Gasteiger partial charge in [0.2, 0.25) is 5.91 Å². The highest BCUT2D eigenvalue weighted by atomic mass is 32.2. The van der Waals surface area contributed by atoms with Crippen LogP contribution in [0.5, 0.6) is 0 Å². The fraction of sp³-hybridized carbons (Fsp3) is 0.316. The van der Waals surface area contributed by atoms with Gasteiger partial charge in [0.25, 0.3) is 0 Å². The van der Waals surface area contributed by atoms with E-state index in [9.17, 15) is 9.59 Å². The molecule has 0 unspecified atom stereocenters. The van der Waals surface area contributed by atoms with Gasteiger partial charge in [-0.2, -0.15) is 0 Å². The Labute approximate surface area is 177 Å². The van der Waals surface area contributed by atoms with Gasteiger partial charge < -0.3 is 10.1 Å². The predicted molar refractivity (Wildman–Crippen MR) is 118 cm³/mol. The van der Waals surface area contributed by atoms with Crippen LogP contribution in [0, 0.1) is 0 Å². The summed E-state index contributed by atoms with van der Waals surface area (Å²) in [5.74, 6) is 0.531. The van der Waals surface area contributed by atoms with Crippen LogP contribution < -0.4 is 16.2 Å².